The highest BCUT2D eigenvalue weighted by molar-refractivity contribution is 5.67. The molecule has 52 heavy (non-hydrogen) atoms. The Bertz CT molecular complexity index is 1530. The van der Waals surface area contributed by atoms with Crippen molar-refractivity contribution in [3.63, 3.8) is 0 Å². The van der Waals surface area contributed by atoms with Crippen molar-refractivity contribution in [3.8, 4) is 0 Å². The van der Waals surface area contributed by atoms with Gasteiger partial charge in [-0.25, -0.2) is 0 Å². The molecule has 0 aromatic heterocycles. The number of halogens is 3. The fourth-order valence-corrected chi connectivity index (χ4v) is 6.18. The number of methoxy groups -OCH3 is 1. The van der Waals surface area contributed by atoms with Crippen molar-refractivity contribution in [1.82, 2.24) is 0 Å². The molecular weight excluding hydrogens is 689 g/mol. The zero-order valence-corrected chi connectivity index (χ0v) is 29.0. The zero-order valence-electron chi connectivity index (χ0n) is 29.0. The van der Waals surface area contributed by atoms with E-state index in [0.29, 0.717) is 0 Å². The van der Waals surface area contributed by atoms with Crippen LogP contribution >= 0.6 is 0 Å². The van der Waals surface area contributed by atoms with E-state index in [1.807, 2.05) is 91.0 Å². The minimum Gasteiger partial charge on any atom is -0.458 e. The topological polar surface area (TPSA) is 117 Å². The summed E-state index contributed by atoms with van der Waals surface area (Å²) in [6.45, 7) is 1.41. The first-order chi connectivity index (χ1) is 25.0. The number of ether oxygens (including phenoxy) is 9. The van der Waals surface area contributed by atoms with Gasteiger partial charge in [-0.1, -0.05) is 91.0 Å². The van der Waals surface area contributed by atoms with Crippen LogP contribution in [0.2, 0.25) is 0 Å². The highest BCUT2D eigenvalue weighted by atomic mass is 19.4. The molecule has 2 saturated heterocycles. The van der Waals surface area contributed by atoms with Crippen molar-refractivity contribution in [2.75, 3.05) is 20.3 Å². The maximum atomic E-state index is 14.7. The predicted molar refractivity (Wildman–Crippen MR) is 177 cm³/mol. The van der Waals surface area contributed by atoms with Gasteiger partial charge in [0.2, 0.25) is 0 Å². The van der Waals surface area contributed by atoms with Crippen LogP contribution in [0.5, 0.6) is 0 Å². The van der Waals surface area contributed by atoms with Crippen LogP contribution in [0.15, 0.2) is 91.0 Å². The SMILES string of the molecule is CO[C@H]1O[C@H](COC2OC[C@H](OC(C)=O)[C@H](OC(C)=O)[C@H]2C(F)(F)F)[C@@H](OCc2ccccc2)C(OCc2ccccc2)[C@H]1OCc1ccccc1. The molecule has 11 nitrogen and oxygen atoms in total. The Morgan fingerprint density at radius 1 is 0.654 bits per heavy atom. The number of carbonyl (C=O) groups is 2. The van der Waals surface area contributed by atoms with Crippen LogP contribution in [-0.2, 0) is 72.0 Å². The van der Waals surface area contributed by atoms with Gasteiger partial charge in [0.15, 0.2) is 24.8 Å². The number of benzene rings is 3. The lowest BCUT2D eigenvalue weighted by Gasteiger charge is -2.46. The van der Waals surface area contributed by atoms with Crippen molar-refractivity contribution in [1.29, 1.82) is 0 Å². The summed E-state index contributed by atoms with van der Waals surface area (Å²) >= 11 is 0. The standard InChI is InChI=1S/C38H43F3O11/c1-24(42)50-29-22-48-36(31(38(39,40)41)32(29)51-25(2)43)49-23-30-33(45-19-26-13-7-4-8-14-26)34(46-20-27-15-9-5-10-16-27)35(37(44-3)52-30)47-21-28-17-11-6-12-18-28/h4-18,29-37H,19-23H2,1-3H3/t29-,30+,31+,32-,33+,34?,35+,36?,37-/m0/s1. The smallest absolute Gasteiger partial charge is 0.400 e. The van der Waals surface area contributed by atoms with E-state index in [0.717, 1.165) is 30.5 Å². The van der Waals surface area contributed by atoms with Crippen LogP contribution in [0.3, 0.4) is 0 Å². The van der Waals surface area contributed by atoms with E-state index in [2.05, 4.69) is 0 Å². The number of hydrogen-bond acceptors (Lipinski definition) is 11. The molecule has 0 aliphatic carbocycles. The quantitative estimate of drug-likeness (QED) is 0.184. The van der Waals surface area contributed by atoms with Crippen LogP contribution in [0.25, 0.3) is 0 Å². The number of rotatable bonds is 15. The van der Waals surface area contributed by atoms with Gasteiger partial charge in [0.25, 0.3) is 0 Å². The van der Waals surface area contributed by atoms with Gasteiger partial charge in [-0.15, -0.1) is 0 Å². The number of alkyl halides is 3. The van der Waals surface area contributed by atoms with E-state index in [1.54, 1.807) is 0 Å². The Morgan fingerprint density at radius 3 is 1.60 bits per heavy atom. The van der Waals surface area contributed by atoms with Crippen molar-refractivity contribution in [2.45, 2.75) is 89.0 Å². The highest BCUT2D eigenvalue weighted by Crippen LogP contribution is 2.40. The van der Waals surface area contributed by atoms with Crippen LogP contribution in [0.1, 0.15) is 30.5 Å². The van der Waals surface area contributed by atoms with Crippen LogP contribution in [0, 0.1) is 5.92 Å². The highest BCUT2D eigenvalue weighted by Gasteiger charge is 2.59. The maximum Gasteiger partial charge on any atom is 0.400 e. The first-order valence-corrected chi connectivity index (χ1v) is 16.8. The van der Waals surface area contributed by atoms with Crippen molar-refractivity contribution in [3.05, 3.63) is 108 Å². The molecule has 0 bridgehead atoms. The summed E-state index contributed by atoms with van der Waals surface area (Å²) < 4.78 is 96.9. The van der Waals surface area contributed by atoms with Gasteiger partial charge in [-0.2, -0.15) is 13.2 Å². The van der Waals surface area contributed by atoms with Gasteiger partial charge in [0.05, 0.1) is 33.0 Å². The predicted octanol–water partition coefficient (Wildman–Crippen LogP) is 5.53. The van der Waals surface area contributed by atoms with Crippen molar-refractivity contribution in [2.24, 2.45) is 5.92 Å². The Balaban J connectivity index is 1.44. The molecule has 14 heteroatoms. The van der Waals surface area contributed by atoms with E-state index >= 15 is 0 Å². The molecule has 3 aromatic rings. The van der Waals surface area contributed by atoms with E-state index < -0.39 is 86.5 Å². The summed E-state index contributed by atoms with van der Waals surface area (Å²) in [6.07, 6.45) is -15.2. The molecule has 2 unspecified atom stereocenters. The summed E-state index contributed by atoms with van der Waals surface area (Å²) in [5.74, 6) is -4.37. The fourth-order valence-electron chi connectivity index (χ4n) is 6.18. The largest absolute Gasteiger partial charge is 0.458 e. The molecule has 0 radical (unpaired) electrons. The second-order valence-electron chi connectivity index (χ2n) is 12.4. The first kappa shape index (κ1) is 39.3. The van der Waals surface area contributed by atoms with E-state index in [9.17, 15) is 22.8 Å². The van der Waals surface area contributed by atoms with Gasteiger partial charge in [-0.05, 0) is 16.7 Å². The minimum absolute atomic E-state index is 0.101. The van der Waals surface area contributed by atoms with Crippen LogP contribution in [-0.4, -0.2) is 87.6 Å². The summed E-state index contributed by atoms with van der Waals surface area (Å²) in [7, 11) is 1.42. The average molecular weight is 733 g/mol. The van der Waals surface area contributed by atoms with Gasteiger partial charge in [-0.3, -0.25) is 9.59 Å². The van der Waals surface area contributed by atoms with Crippen molar-refractivity contribution >= 4 is 11.9 Å². The Kier molecular flexibility index (Phi) is 14.2. The molecule has 282 valence electrons. The lowest BCUT2D eigenvalue weighted by Crippen LogP contribution is -2.62. The third-order valence-electron chi connectivity index (χ3n) is 8.54. The summed E-state index contributed by atoms with van der Waals surface area (Å²) in [5, 5.41) is 0. The number of esters is 2. The number of carbonyl (C=O) groups excluding carboxylic acids is 2. The van der Waals surface area contributed by atoms with E-state index in [1.165, 1.54) is 7.11 Å². The third-order valence-corrected chi connectivity index (χ3v) is 8.54. The normalized spacial score (nSPS) is 27.8. The van der Waals surface area contributed by atoms with Crippen molar-refractivity contribution < 1.29 is 65.4 Å². The Hall–Kier alpha value is -3.89. The molecule has 9 atom stereocenters. The molecule has 3 aromatic carbocycles. The van der Waals surface area contributed by atoms with E-state index in [-0.39, 0.29) is 19.8 Å². The molecule has 2 aliphatic heterocycles. The molecule has 0 saturated carbocycles. The molecule has 2 heterocycles. The molecule has 5 rings (SSSR count). The van der Waals surface area contributed by atoms with Gasteiger partial charge < -0.3 is 42.6 Å². The van der Waals surface area contributed by atoms with Gasteiger partial charge in [0.1, 0.15) is 30.3 Å². The molecule has 0 N–H and O–H groups in total. The molecule has 2 fully saturated rings. The first-order valence-electron chi connectivity index (χ1n) is 16.8. The minimum atomic E-state index is -4.99. The zero-order chi connectivity index (χ0) is 37.1. The molecule has 2 aliphatic rings. The summed E-state index contributed by atoms with van der Waals surface area (Å²) in [4.78, 5) is 23.6. The third kappa shape index (κ3) is 10.8. The Morgan fingerprint density at radius 2 is 1.13 bits per heavy atom. The maximum absolute atomic E-state index is 14.7. The number of hydrogen-bond donors (Lipinski definition) is 0. The Labute approximate surface area is 300 Å². The van der Waals surface area contributed by atoms with Gasteiger partial charge >= 0.3 is 18.1 Å². The van der Waals surface area contributed by atoms with Crippen LogP contribution in [0.4, 0.5) is 13.2 Å². The second-order valence-corrected chi connectivity index (χ2v) is 12.4. The summed E-state index contributed by atoms with van der Waals surface area (Å²) in [6, 6.07) is 28.2. The lowest BCUT2D eigenvalue weighted by molar-refractivity contribution is -0.349. The van der Waals surface area contributed by atoms with Crippen LogP contribution < -0.4 is 0 Å². The van der Waals surface area contributed by atoms with Gasteiger partial charge in [0, 0.05) is 21.0 Å². The molecular formula is C38H43F3O11. The molecule has 0 amide bonds. The lowest BCUT2D eigenvalue weighted by atomic mass is 9.93. The average Bonchev–Trinajstić information content (AvgIpc) is 3.12. The summed E-state index contributed by atoms with van der Waals surface area (Å²) in [5.41, 5.74) is 2.57. The fraction of sp³-hybridized carbons (Fsp3) is 0.474. The monoisotopic (exact) mass is 732 g/mol. The molecule has 0 spiro atoms. The second kappa shape index (κ2) is 18.7. The van der Waals surface area contributed by atoms with E-state index in [4.69, 9.17) is 42.6 Å².